The average Bonchev–Trinajstić information content (AvgIpc) is 3.14. The van der Waals surface area contributed by atoms with Crippen LogP contribution in [0.1, 0.15) is 20.0 Å². The molecule has 7 nitrogen and oxygen atoms in total. The number of nitrogens with one attached hydrogen (secondary N) is 2. The Hall–Kier alpha value is -2.74. The van der Waals surface area contributed by atoms with Crippen LogP contribution in [-0.2, 0) is 4.74 Å². The van der Waals surface area contributed by atoms with Crippen molar-refractivity contribution in [3.8, 4) is 0 Å². The molecule has 106 valence electrons. The molecule has 0 aliphatic carbocycles. The second kappa shape index (κ2) is 5.33. The van der Waals surface area contributed by atoms with Crippen molar-refractivity contribution in [2.45, 2.75) is 0 Å². The number of esters is 1. The van der Waals surface area contributed by atoms with Crippen LogP contribution in [0.25, 0.3) is 11.0 Å². The van der Waals surface area contributed by atoms with Gasteiger partial charge in [-0.2, -0.15) is 15.4 Å². The largest absolute Gasteiger partial charge is 0.465 e. The predicted octanol–water partition coefficient (Wildman–Crippen LogP) is 2.06. The monoisotopic (exact) mass is 302 g/mol. The highest BCUT2D eigenvalue weighted by Crippen LogP contribution is 2.24. The number of hydrogen-bond acceptors (Lipinski definition) is 6. The van der Waals surface area contributed by atoms with Crippen molar-refractivity contribution < 1.29 is 14.3 Å². The number of rotatable bonds is 3. The summed E-state index contributed by atoms with van der Waals surface area (Å²) in [7, 11) is 1.30. The molecule has 0 aliphatic heterocycles. The highest BCUT2D eigenvalue weighted by molar-refractivity contribution is 7.12. The molecule has 1 amide bonds. The van der Waals surface area contributed by atoms with E-state index >= 15 is 0 Å². The Labute approximate surface area is 122 Å². The molecule has 0 saturated heterocycles. The summed E-state index contributed by atoms with van der Waals surface area (Å²) in [6.45, 7) is 0. The lowest BCUT2D eigenvalue weighted by Gasteiger charge is -2.05. The molecular weight excluding hydrogens is 292 g/mol. The first-order valence-electron chi connectivity index (χ1n) is 5.96. The summed E-state index contributed by atoms with van der Waals surface area (Å²) in [5.74, 6) is -0.810. The first kappa shape index (κ1) is 13.3. The molecule has 0 saturated carbocycles. The molecule has 1 aromatic carbocycles. The van der Waals surface area contributed by atoms with Gasteiger partial charge in [0.2, 0.25) is 0 Å². The fraction of sp³-hybridized carbons (Fsp3) is 0.0769. The molecule has 0 unspecified atom stereocenters. The predicted molar refractivity (Wildman–Crippen MR) is 77.5 cm³/mol. The summed E-state index contributed by atoms with van der Waals surface area (Å²) in [4.78, 5) is 24.1. The molecule has 21 heavy (non-hydrogen) atoms. The van der Waals surface area contributed by atoms with Crippen LogP contribution in [0.3, 0.4) is 0 Å². The third kappa shape index (κ3) is 2.48. The topological polar surface area (TPSA) is 97.0 Å². The standard InChI is InChI=1S/C13H10N4O3S/c1-20-13(19)11-9(4-5-21-11)14-12(18)7-2-3-8-10(6-7)16-17-15-8/h2-6H,1H3,(H,14,18)(H,15,16,17). The smallest absolute Gasteiger partial charge is 0.350 e. The molecule has 0 spiro atoms. The molecule has 2 N–H and O–H groups in total. The molecule has 3 rings (SSSR count). The van der Waals surface area contributed by atoms with Crippen molar-refractivity contribution in [2.24, 2.45) is 0 Å². The maximum atomic E-state index is 12.2. The number of methoxy groups -OCH3 is 1. The lowest BCUT2D eigenvalue weighted by Crippen LogP contribution is -2.13. The minimum Gasteiger partial charge on any atom is -0.465 e. The molecule has 0 fully saturated rings. The normalized spacial score (nSPS) is 10.5. The summed E-state index contributed by atoms with van der Waals surface area (Å²) in [6.07, 6.45) is 0. The number of benzene rings is 1. The zero-order valence-electron chi connectivity index (χ0n) is 10.9. The molecule has 0 radical (unpaired) electrons. The van der Waals surface area contributed by atoms with E-state index in [4.69, 9.17) is 0 Å². The summed E-state index contributed by atoms with van der Waals surface area (Å²) >= 11 is 1.21. The summed E-state index contributed by atoms with van der Waals surface area (Å²) < 4.78 is 4.67. The van der Waals surface area contributed by atoms with Gasteiger partial charge >= 0.3 is 5.97 Å². The molecule has 0 bridgehead atoms. The second-order valence-corrected chi connectivity index (χ2v) is 5.05. The van der Waals surface area contributed by atoms with Crippen LogP contribution < -0.4 is 5.32 Å². The molecule has 0 aliphatic rings. The van der Waals surface area contributed by atoms with Crippen molar-refractivity contribution in [1.82, 2.24) is 15.4 Å². The van der Waals surface area contributed by atoms with E-state index in [1.165, 1.54) is 18.4 Å². The quantitative estimate of drug-likeness (QED) is 0.722. The minimum absolute atomic E-state index is 0.330. The molecule has 8 heteroatoms. The number of aromatic amines is 1. The van der Waals surface area contributed by atoms with Gasteiger partial charge in [-0.1, -0.05) is 0 Å². The Morgan fingerprint density at radius 3 is 2.86 bits per heavy atom. The fourth-order valence-corrected chi connectivity index (χ4v) is 2.60. The third-order valence-corrected chi connectivity index (χ3v) is 3.76. The van der Waals surface area contributed by atoms with Gasteiger partial charge in [0.1, 0.15) is 15.9 Å². The van der Waals surface area contributed by atoms with E-state index < -0.39 is 5.97 Å². The molecule has 0 atom stereocenters. The number of nitrogens with zero attached hydrogens (tertiary/aromatic N) is 2. The van der Waals surface area contributed by atoms with Crippen LogP contribution in [0.5, 0.6) is 0 Å². The van der Waals surface area contributed by atoms with Crippen LogP contribution in [0.4, 0.5) is 5.69 Å². The Morgan fingerprint density at radius 2 is 2.05 bits per heavy atom. The highest BCUT2D eigenvalue weighted by atomic mass is 32.1. The van der Waals surface area contributed by atoms with E-state index in [0.29, 0.717) is 27.2 Å². The van der Waals surface area contributed by atoms with E-state index in [1.807, 2.05) is 0 Å². The van der Waals surface area contributed by atoms with Crippen LogP contribution >= 0.6 is 11.3 Å². The van der Waals surface area contributed by atoms with Gasteiger partial charge < -0.3 is 10.1 Å². The maximum Gasteiger partial charge on any atom is 0.350 e. The van der Waals surface area contributed by atoms with E-state index in [-0.39, 0.29) is 5.91 Å². The van der Waals surface area contributed by atoms with Gasteiger partial charge in [0.15, 0.2) is 0 Å². The number of carbonyl (C=O) groups is 2. The van der Waals surface area contributed by atoms with Crippen molar-refractivity contribution in [1.29, 1.82) is 0 Å². The average molecular weight is 302 g/mol. The SMILES string of the molecule is COC(=O)c1sccc1NC(=O)c1ccc2n[nH]nc2c1. The van der Waals surface area contributed by atoms with Gasteiger partial charge in [-0.05, 0) is 29.6 Å². The van der Waals surface area contributed by atoms with Crippen LogP contribution in [-0.4, -0.2) is 34.4 Å². The van der Waals surface area contributed by atoms with Crippen LogP contribution in [0.15, 0.2) is 29.6 Å². The molecular formula is C13H10N4O3S. The van der Waals surface area contributed by atoms with Crippen LogP contribution in [0.2, 0.25) is 0 Å². The van der Waals surface area contributed by atoms with Gasteiger partial charge in [-0.3, -0.25) is 4.79 Å². The van der Waals surface area contributed by atoms with Crippen LogP contribution in [0, 0.1) is 0 Å². The summed E-state index contributed by atoms with van der Waals surface area (Å²) in [5.41, 5.74) is 2.13. The first-order chi connectivity index (χ1) is 10.2. The lowest BCUT2D eigenvalue weighted by molar-refractivity contribution is 0.0607. The number of H-pyrrole nitrogens is 1. The van der Waals surface area contributed by atoms with Crippen molar-refractivity contribution in [2.75, 3.05) is 12.4 Å². The summed E-state index contributed by atoms with van der Waals surface area (Å²) in [6, 6.07) is 6.62. The number of amides is 1. The van der Waals surface area contributed by atoms with E-state index in [9.17, 15) is 9.59 Å². The van der Waals surface area contributed by atoms with E-state index in [1.54, 1.807) is 29.6 Å². The highest BCUT2D eigenvalue weighted by Gasteiger charge is 2.16. The minimum atomic E-state index is -0.479. The number of thiophene rings is 1. The zero-order chi connectivity index (χ0) is 14.8. The Balaban J connectivity index is 1.86. The third-order valence-electron chi connectivity index (χ3n) is 2.86. The molecule has 2 aromatic heterocycles. The number of aromatic nitrogens is 3. The number of carbonyl (C=O) groups excluding carboxylic acids is 2. The lowest BCUT2D eigenvalue weighted by atomic mass is 10.2. The Bertz CT molecular complexity index is 824. The summed E-state index contributed by atoms with van der Waals surface area (Å²) in [5, 5.41) is 14.7. The van der Waals surface area contributed by atoms with E-state index in [0.717, 1.165) is 0 Å². The number of fused-ring (bicyclic) bond motifs is 1. The number of anilines is 1. The van der Waals surface area contributed by atoms with E-state index in [2.05, 4.69) is 25.5 Å². The van der Waals surface area contributed by atoms with Gasteiger partial charge in [-0.15, -0.1) is 11.3 Å². The maximum absolute atomic E-state index is 12.2. The fourth-order valence-electron chi connectivity index (χ4n) is 1.83. The first-order valence-corrected chi connectivity index (χ1v) is 6.84. The Kier molecular flexibility index (Phi) is 3.36. The number of ether oxygens (including phenoxy) is 1. The van der Waals surface area contributed by atoms with Crippen molar-refractivity contribution >= 4 is 39.9 Å². The van der Waals surface area contributed by atoms with Gasteiger partial charge in [0.05, 0.1) is 12.8 Å². The van der Waals surface area contributed by atoms with Crippen molar-refractivity contribution in [3.05, 3.63) is 40.1 Å². The van der Waals surface area contributed by atoms with Gasteiger partial charge in [-0.25, -0.2) is 4.79 Å². The molecule has 2 heterocycles. The van der Waals surface area contributed by atoms with Gasteiger partial charge in [0, 0.05) is 5.56 Å². The number of hydrogen-bond donors (Lipinski definition) is 2. The van der Waals surface area contributed by atoms with Gasteiger partial charge in [0.25, 0.3) is 5.91 Å². The second-order valence-electron chi connectivity index (χ2n) is 4.14. The van der Waals surface area contributed by atoms with Crippen molar-refractivity contribution in [3.63, 3.8) is 0 Å². The zero-order valence-corrected chi connectivity index (χ0v) is 11.7. The Morgan fingerprint density at radius 1 is 1.24 bits per heavy atom. The molecule has 3 aromatic rings.